The molecule has 0 spiro atoms. The molecular formula is C17H21N3O2S. The molecule has 23 heavy (non-hydrogen) atoms. The van der Waals surface area contributed by atoms with Gasteiger partial charge in [-0.15, -0.1) is 11.3 Å². The summed E-state index contributed by atoms with van der Waals surface area (Å²) in [6.45, 7) is 4.01. The van der Waals surface area contributed by atoms with Crippen molar-refractivity contribution >= 4 is 17.2 Å². The summed E-state index contributed by atoms with van der Waals surface area (Å²) < 4.78 is 5.09. The third-order valence-electron chi connectivity index (χ3n) is 5.02. The minimum Gasteiger partial charge on any atom is -0.472 e. The molecule has 5 nitrogen and oxygen atoms in total. The number of hydrogen-bond donors (Lipinski definition) is 1. The Labute approximate surface area is 139 Å². The summed E-state index contributed by atoms with van der Waals surface area (Å²) >= 11 is 1.56. The van der Waals surface area contributed by atoms with Crippen molar-refractivity contribution in [3.63, 3.8) is 0 Å². The van der Waals surface area contributed by atoms with Crippen molar-refractivity contribution < 1.29 is 9.21 Å². The van der Waals surface area contributed by atoms with Crippen LogP contribution in [0.25, 0.3) is 10.6 Å². The molecule has 4 rings (SSSR count). The number of amides is 1. The highest BCUT2D eigenvalue weighted by Crippen LogP contribution is 2.28. The van der Waals surface area contributed by atoms with Crippen LogP contribution in [-0.2, 0) is 11.2 Å². The Kier molecular flexibility index (Phi) is 4.18. The Morgan fingerprint density at radius 2 is 2.13 bits per heavy atom. The molecule has 1 N–H and O–H groups in total. The van der Waals surface area contributed by atoms with Gasteiger partial charge in [-0.25, -0.2) is 4.98 Å². The highest BCUT2D eigenvalue weighted by Gasteiger charge is 2.31. The van der Waals surface area contributed by atoms with Crippen LogP contribution in [0.5, 0.6) is 0 Å². The fourth-order valence-electron chi connectivity index (χ4n) is 3.64. The quantitative estimate of drug-likeness (QED) is 0.938. The van der Waals surface area contributed by atoms with Crippen molar-refractivity contribution in [3.05, 3.63) is 29.7 Å². The average molecular weight is 331 g/mol. The van der Waals surface area contributed by atoms with E-state index in [9.17, 15) is 4.79 Å². The minimum absolute atomic E-state index is 0.210. The maximum Gasteiger partial charge on any atom is 0.228 e. The molecule has 1 amide bonds. The molecule has 0 bridgehead atoms. The van der Waals surface area contributed by atoms with E-state index in [0.717, 1.165) is 67.1 Å². The average Bonchev–Trinajstić information content (AvgIpc) is 3.27. The second kappa shape index (κ2) is 6.45. The predicted octanol–water partition coefficient (Wildman–Crippen LogP) is 2.40. The van der Waals surface area contributed by atoms with Crippen molar-refractivity contribution in [3.8, 4) is 10.6 Å². The Morgan fingerprint density at radius 1 is 1.35 bits per heavy atom. The van der Waals surface area contributed by atoms with Crippen LogP contribution in [0.1, 0.15) is 18.5 Å². The first-order valence-corrected chi connectivity index (χ1v) is 9.13. The van der Waals surface area contributed by atoms with E-state index in [4.69, 9.17) is 4.42 Å². The highest BCUT2D eigenvalue weighted by molar-refractivity contribution is 7.13. The van der Waals surface area contributed by atoms with Gasteiger partial charge in [0, 0.05) is 24.0 Å². The van der Waals surface area contributed by atoms with E-state index < -0.39 is 0 Å². The van der Waals surface area contributed by atoms with Gasteiger partial charge in [0.1, 0.15) is 11.3 Å². The van der Waals surface area contributed by atoms with Crippen molar-refractivity contribution in [2.45, 2.75) is 19.3 Å². The minimum atomic E-state index is 0.210. The number of fused-ring (bicyclic) bond motifs is 1. The second-order valence-corrected chi connectivity index (χ2v) is 7.33. The lowest BCUT2D eigenvalue weighted by Crippen LogP contribution is -2.34. The van der Waals surface area contributed by atoms with Crippen LogP contribution in [0.3, 0.4) is 0 Å². The van der Waals surface area contributed by atoms with E-state index in [-0.39, 0.29) is 5.91 Å². The predicted molar refractivity (Wildman–Crippen MR) is 89.2 cm³/mol. The van der Waals surface area contributed by atoms with Gasteiger partial charge in [0.15, 0.2) is 0 Å². The summed E-state index contributed by atoms with van der Waals surface area (Å²) in [5, 5.41) is 6.37. The normalized spacial score (nSPS) is 24.4. The molecule has 0 aliphatic carbocycles. The Hall–Kier alpha value is -1.66. The molecule has 0 saturated carbocycles. The van der Waals surface area contributed by atoms with Crippen LogP contribution in [0.4, 0.5) is 0 Å². The van der Waals surface area contributed by atoms with E-state index in [0.29, 0.717) is 6.42 Å². The van der Waals surface area contributed by atoms with E-state index >= 15 is 0 Å². The van der Waals surface area contributed by atoms with Gasteiger partial charge in [0.2, 0.25) is 5.91 Å². The Balaban J connectivity index is 1.38. The molecule has 2 aromatic rings. The van der Waals surface area contributed by atoms with Gasteiger partial charge in [0.05, 0.1) is 18.4 Å². The number of furan rings is 1. The largest absolute Gasteiger partial charge is 0.472 e. The SMILES string of the molecule is O=C(Cc1csc(-c2ccoc2)n1)N1CC[C@@H]2CNC[C@@H]2CC1. The molecule has 2 fully saturated rings. The molecule has 0 radical (unpaired) electrons. The first-order chi connectivity index (χ1) is 11.3. The van der Waals surface area contributed by atoms with Crippen LogP contribution in [0.15, 0.2) is 28.4 Å². The smallest absolute Gasteiger partial charge is 0.228 e. The summed E-state index contributed by atoms with van der Waals surface area (Å²) in [5.74, 6) is 1.71. The van der Waals surface area contributed by atoms with Gasteiger partial charge in [-0.3, -0.25) is 4.79 Å². The van der Waals surface area contributed by atoms with Crippen molar-refractivity contribution in [1.29, 1.82) is 0 Å². The van der Waals surface area contributed by atoms with Crippen LogP contribution >= 0.6 is 11.3 Å². The van der Waals surface area contributed by atoms with Crippen LogP contribution in [0, 0.1) is 11.8 Å². The first-order valence-electron chi connectivity index (χ1n) is 8.25. The van der Waals surface area contributed by atoms with E-state index in [1.807, 2.05) is 16.3 Å². The summed E-state index contributed by atoms with van der Waals surface area (Å²) in [5.41, 5.74) is 1.84. The number of likely N-dealkylation sites (tertiary alicyclic amines) is 1. The van der Waals surface area contributed by atoms with Gasteiger partial charge in [-0.05, 0) is 43.8 Å². The zero-order chi connectivity index (χ0) is 15.6. The third-order valence-corrected chi connectivity index (χ3v) is 5.96. The molecule has 0 aromatic carbocycles. The molecule has 2 atom stereocenters. The van der Waals surface area contributed by atoms with Crippen molar-refractivity contribution in [2.24, 2.45) is 11.8 Å². The van der Waals surface area contributed by atoms with Crippen LogP contribution in [0.2, 0.25) is 0 Å². The standard InChI is InChI=1S/C17H21N3O2S/c21-16(20-4-1-12-8-18-9-13(12)2-5-20)7-15-11-23-17(19-15)14-3-6-22-10-14/h3,6,10-13,18H,1-2,4-5,7-9H2/t12-,13+. The van der Waals surface area contributed by atoms with Crippen molar-refractivity contribution in [2.75, 3.05) is 26.2 Å². The summed E-state index contributed by atoms with van der Waals surface area (Å²) in [4.78, 5) is 19.2. The Morgan fingerprint density at radius 3 is 2.83 bits per heavy atom. The lowest BCUT2D eigenvalue weighted by Gasteiger charge is -2.20. The topological polar surface area (TPSA) is 58.4 Å². The number of hydrogen-bond acceptors (Lipinski definition) is 5. The fraction of sp³-hybridized carbons (Fsp3) is 0.529. The van der Waals surface area contributed by atoms with E-state index in [1.54, 1.807) is 23.9 Å². The fourth-order valence-corrected chi connectivity index (χ4v) is 4.45. The number of rotatable bonds is 3. The number of carbonyl (C=O) groups excluding carboxylic acids is 1. The second-order valence-electron chi connectivity index (χ2n) is 6.47. The lowest BCUT2D eigenvalue weighted by atomic mass is 9.92. The molecule has 6 heteroatoms. The van der Waals surface area contributed by atoms with Gasteiger partial charge >= 0.3 is 0 Å². The highest BCUT2D eigenvalue weighted by atomic mass is 32.1. The van der Waals surface area contributed by atoms with Crippen molar-refractivity contribution in [1.82, 2.24) is 15.2 Å². The van der Waals surface area contributed by atoms with Gasteiger partial charge in [-0.2, -0.15) is 0 Å². The number of carbonyl (C=O) groups is 1. The molecule has 0 unspecified atom stereocenters. The molecule has 2 aliphatic rings. The summed E-state index contributed by atoms with van der Waals surface area (Å²) in [6, 6.07) is 1.89. The zero-order valence-corrected chi connectivity index (χ0v) is 13.8. The third kappa shape index (κ3) is 3.19. The zero-order valence-electron chi connectivity index (χ0n) is 13.0. The van der Waals surface area contributed by atoms with Crippen LogP contribution in [-0.4, -0.2) is 42.0 Å². The van der Waals surface area contributed by atoms with Gasteiger partial charge in [-0.1, -0.05) is 0 Å². The lowest BCUT2D eigenvalue weighted by molar-refractivity contribution is -0.130. The Bertz CT molecular complexity index is 653. The molecule has 122 valence electrons. The van der Waals surface area contributed by atoms with Crippen LogP contribution < -0.4 is 5.32 Å². The monoisotopic (exact) mass is 331 g/mol. The molecule has 4 heterocycles. The molecule has 2 aromatic heterocycles. The number of aromatic nitrogens is 1. The summed E-state index contributed by atoms with van der Waals surface area (Å²) in [7, 11) is 0. The summed E-state index contributed by atoms with van der Waals surface area (Å²) in [6.07, 6.45) is 5.99. The number of nitrogens with one attached hydrogen (secondary N) is 1. The first kappa shape index (κ1) is 14.9. The maximum absolute atomic E-state index is 12.6. The maximum atomic E-state index is 12.6. The number of nitrogens with zero attached hydrogens (tertiary/aromatic N) is 2. The molecule has 2 aliphatic heterocycles. The molecular weight excluding hydrogens is 310 g/mol. The van der Waals surface area contributed by atoms with Gasteiger partial charge in [0.25, 0.3) is 0 Å². The van der Waals surface area contributed by atoms with E-state index in [2.05, 4.69) is 10.3 Å². The van der Waals surface area contributed by atoms with E-state index in [1.165, 1.54) is 0 Å². The van der Waals surface area contributed by atoms with Gasteiger partial charge < -0.3 is 14.6 Å². The number of thiazole rings is 1. The molecule has 2 saturated heterocycles.